The third kappa shape index (κ3) is 4.56. The zero-order valence-corrected chi connectivity index (χ0v) is 6.75. The number of hydrogen-bond acceptors (Lipinski definition) is 3. The van der Waals surface area contributed by atoms with E-state index in [0.29, 0.717) is 6.42 Å². The molecule has 0 aromatic heterocycles. The molecule has 0 bridgehead atoms. The van der Waals surface area contributed by atoms with Crippen molar-refractivity contribution in [2.24, 2.45) is 0 Å². The summed E-state index contributed by atoms with van der Waals surface area (Å²) in [7, 11) is 1.26. The molecular formula is C8H14O3. The second-order valence-electron chi connectivity index (χ2n) is 2.26. The smallest absolute Gasteiger partial charge is 0.334 e. The van der Waals surface area contributed by atoms with Crippen molar-refractivity contribution in [3.63, 3.8) is 0 Å². The van der Waals surface area contributed by atoms with Crippen LogP contribution in [0.1, 0.15) is 19.3 Å². The highest BCUT2D eigenvalue weighted by Crippen LogP contribution is 2.02. The molecule has 0 radical (unpaired) electrons. The minimum atomic E-state index is -0.972. The molecule has 0 aliphatic carbocycles. The lowest BCUT2D eigenvalue weighted by atomic mass is 10.1. The van der Waals surface area contributed by atoms with E-state index in [0.717, 1.165) is 12.8 Å². The van der Waals surface area contributed by atoms with Crippen molar-refractivity contribution >= 4 is 5.97 Å². The molecule has 0 aliphatic heterocycles. The molecule has 0 saturated carbocycles. The van der Waals surface area contributed by atoms with Crippen LogP contribution in [0.25, 0.3) is 0 Å². The molecule has 0 aromatic carbocycles. The van der Waals surface area contributed by atoms with E-state index in [1.54, 1.807) is 6.08 Å². The van der Waals surface area contributed by atoms with Crippen LogP contribution in [-0.2, 0) is 9.53 Å². The van der Waals surface area contributed by atoms with Gasteiger partial charge in [-0.1, -0.05) is 6.08 Å². The average Bonchev–Trinajstić information content (AvgIpc) is 2.03. The van der Waals surface area contributed by atoms with Crippen LogP contribution < -0.4 is 0 Å². The van der Waals surface area contributed by atoms with E-state index in [-0.39, 0.29) is 0 Å². The standard InChI is InChI=1S/C8H14O3/c1-3-4-5-6-7(9)8(10)11-2/h3,7,9H,1,4-6H2,2H3. The van der Waals surface area contributed by atoms with E-state index >= 15 is 0 Å². The fourth-order valence-corrected chi connectivity index (χ4v) is 0.709. The third-order valence-electron chi connectivity index (χ3n) is 1.36. The van der Waals surface area contributed by atoms with Crippen molar-refractivity contribution in [1.82, 2.24) is 0 Å². The van der Waals surface area contributed by atoms with Gasteiger partial charge < -0.3 is 9.84 Å². The zero-order valence-electron chi connectivity index (χ0n) is 6.75. The maximum atomic E-state index is 10.6. The van der Waals surface area contributed by atoms with E-state index in [2.05, 4.69) is 11.3 Å². The lowest BCUT2D eigenvalue weighted by Crippen LogP contribution is -2.21. The monoisotopic (exact) mass is 158 g/mol. The first kappa shape index (κ1) is 10.2. The number of aliphatic hydroxyl groups is 1. The van der Waals surface area contributed by atoms with Gasteiger partial charge in [0.2, 0.25) is 0 Å². The maximum absolute atomic E-state index is 10.6. The van der Waals surface area contributed by atoms with Crippen LogP contribution in [0.5, 0.6) is 0 Å². The Bertz CT molecular complexity index is 131. The van der Waals surface area contributed by atoms with Crippen molar-refractivity contribution in [3.8, 4) is 0 Å². The summed E-state index contributed by atoms with van der Waals surface area (Å²) >= 11 is 0. The van der Waals surface area contributed by atoms with Gasteiger partial charge in [-0.15, -0.1) is 6.58 Å². The Kier molecular flexibility index (Phi) is 5.47. The van der Waals surface area contributed by atoms with Gasteiger partial charge in [-0.3, -0.25) is 0 Å². The molecule has 3 nitrogen and oxygen atoms in total. The van der Waals surface area contributed by atoms with Crippen LogP contribution in [0.2, 0.25) is 0 Å². The second-order valence-corrected chi connectivity index (χ2v) is 2.26. The summed E-state index contributed by atoms with van der Waals surface area (Å²) in [6.07, 6.45) is 2.80. The molecule has 0 heterocycles. The Morgan fingerprint density at radius 2 is 2.45 bits per heavy atom. The summed E-state index contributed by atoms with van der Waals surface area (Å²) < 4.78 is 4.33. The first-order chi connectivity index (χ1) is 5.22. The van der Waals surface area contributed by atoms with Gasteiger partial charge in [0.25, 0.3) is 0 Å². The summed E-state index contributed by atoms with van der Waals surface area (Å²) in [5, 5.41) is 9.04. The Morgan fingerprint density at radius 3 is 2.91 bits per heavy atom. The van der Waals surface area contributed by atoms with Gasteiger partial charge >= 0.3 is 5.97 Å². The minimum absolute atomic E-state index is 0.443. The SMILES string of the molecule is C=CCCCC(O)C(=O)OC. The quantitative estimate of drug-likeness (QED) is 0.367. The Morgan fingerprint density at radius 1 is 1.82 bits per heavy atom. The highest BCUT2D eigenvalue weighted by Gasteiger charge is 2.13. The second kappa shape index (κ2) is 5.92. The topological polar surface area (TPSA) is 46.5 Å². The predicted octanol–water partition coefficient (Wildman–Crippen LogP) is 0.877. The summed E-state index contributed by atoms with van der Waals surface area (Å²) in [5.74, 6) is -0.561. The molecular weight excluding hydrogens is 144 g/mol. The van der Waals surface area contributed by atoms with Gasteiger partial charge in [0.15, 0.2) is 6.10 Å². The maximum Gasteiger partial charge on any atom is 0.334 e. The highest BCUT2D eigenvalue weighted by atomic mass is 16.5. The molecule has 0 aromatic rings. The number of hydrogen-bond donors (Lipinski definition) is 1. The van der Waals surface area contributed by atoms with Crippen LogP contribution in [0.3, 0.4) is 0 Å². The molecule has 0 rings (SSSR count). The number of aliphatic hydroxyl groups excluding tert-OH is 1. The molecule has 0 saturated heterocycles. The molecule has 0 aliphatic rings. The van der Waals surface area contributed by atoms with Crippen molar-refractivity contribution in [2.45, 2.75) is 25.4 Å². The number of esters is 1. The van der Waals surface area contributed by atoms with Gasteiger partial charge in [0.05, 0.1) is 7.11 Å². The van der Waals surface area contributed by atoms with Gasteiger partial charge in [-0.05, 0) is 19.3 Å². The molecule has 11 heavy (non-hydrogen) atoms. The third-order valence-corrected chi connectivity index (χ3v) is 1.36. The zero-order chi connectivity index (χ0) is 8.69. The highest BCUT2D eigenvalue weighted by molar-refractivity contribution is 5.74. The van der Waals surface area contributed by atoms with E-state index in [1.165, 1.54) is 7.11 Å². The Balaban J connectivity index is 3.43. The average molecular weight is 158 g/mol. The summed E-state index contributed by atoms with van der Waals surface area (Å²) in [5.41, 5.74) is 0. The summed E-state index contributed by atoms with van der Waals surface area (Å²) in [4.78, 5) is 10.6. The van der Waals surface area contributed by atoms with Crippen LogP contribution in [0.15, 0.2) is 12.7 Å². The molecule has 1 N–H and O–H groups in total. The predicted molar refractivity (Wildman–Crippen MR) is 42.1 cm³/mol. The molecule has 1 atom stereocenters. The molecule has 64 valence electrons. The van der Waals surface area contributed by atoms with E-state index in [9.17, 15) is 4.79 Å². The number of carbonyl (C=O) groups is 1. The number of methoxy groups -OCH3 is 1. The molecule has 3 heteroatoms. The van der Waals surface area contributed by atoms with Crippen molar-refractivity contribution in [1.29, 1.82) is 0 Å². The van der Waals surface area contributed by atoms with Crippen LogP contribution >= 0.6 is 0 Å². The van der Waals surface area contributed by atoms with Gasteiger partial charge in [-0.2, -0.15) is 0 Å². The largest absolute Gasteiger partial charge is 0.467 e. The molecule has 0 amide bonds. The molecule has 1 unspecified atom stereocenters. The normalized spacial score (nSPS) is 12.2. The summed E-state index contributed by atoms with van der Waals surface area (Å²) in [6.45, 7) is 3.52. The minimum Gasteiger partial charge on any atom is -0.467 e. The number of rotatable bonds is 5. The lowest BCUT2D eigenvalue weighted by molar-refractivity contribution is -0.150. The fraction of sp³-hybridized carbons (Fsp3) is 0.625. The van der Waals surface area contributed by atoms with Crippen molar-refractivity contribution in [3.05, 3.63) is 12.7 Å². The number of unbranched alkanes of at least 4 members (excludes halogenated alkanes) is 1. The molecule has 0 spiro atoms. The lowest BCUT2D eigenvalue weighted by Gasteiger charge is -2.05. The van der Waals surface area contributed by atoms with E-state index < -0.39 is 12.1 Å². The first-order valence-corrected chi connectivity index (χ1v) is 3.59. The van der Waals surface area contributed by atoms with Gasteiger partial charge in [0.1, 0.15) is 0 Å². The van der Waals surface area contributed by atoms with Crippen molar-refractivity contribution in [2.75, 3.05) is 7.11 Å². The Labute approximate surface area is 66.7 Å². The van der Waals surface area contributed by atoms with Gasteiger partial charge in [-0.25, -0.2) is 4.79 Å². The van der Waals surface area contributed by atoms with Crippen LogP contribution in [0.4, 0.5) is 0 Å². The van der Waals surface area contributed by atoms with E-state index in [4.69, 9.17) is 5.11 Å². The van der Waals surface area contributed by atoms with Gasteiger partial charge in [0, 0.05) is 0 Å². The summed E-state index contributed by atoms with van der Waals surface area (Å²) in [6, 6.07) is 0. The number of carbonyl (C=O) groups excluding carboxylic acids is 1. The molecule has 0 fully saturated rings. The van der Waals surface area contributed by atoms with Crippen LogP contribution in [-0.4, -0.2) is 24.3 Å². The number of ether oxygens (including phenoxy) is 1. The first-order valence-electron chi connectivity index (χ1n) is 3.59. The number of allylic oxidation sites excluding steroid dienone is 1. The van der Waals surface area contributed by atoms with Crippen LogP contribution in [0, 0.1) is 0 Å². The van der Waals surface area contributed by atoms with Crippen molar-refractivity contribution < 1.29 is 14.6 Å². The Hall–Kier alpha value is -0.830. The van der Waals surface area contributed by atoms with E-state index in [1.807, 2.05) is 0 Å². The fourth-order valence-electron chi connectivity index (χ4n) is 0.709.